The van der Waals surface area contributed by atoms with Gasteiger partial charge in [-0.05, 0) is 30.7 Å². The summed E-state index contributed by atoms with van der Waals surface area (Å²) in [5, 5.41) is 3.33. The number of benzene rings is 1. The van der Waals surface area contributed by atoms with Gasteiger partial charge in [-0.15, -0.1) is 0 Å². The summed E-state index contributed by atoms with van der Waals surface area (Å²) in [4.78, 5) is 8.60. The van der Waals surface area contributed by atoms with Gasteiger partial charge < -0.3 is 5.32 Å². The van der Waals surface area contributed by atoms with E-state index in [0.29, 0.717) is 12.0 Å². The van der Waals surface area contributed by atoms with E-state index in [9.17, 15) is 0 Å². The zero-order valence-corrected chi connectivity index (χ0v) is 9.94. The van der Waals surface area contributed by atoms with Gasteiger partial charge in [0, 0.05) is 18.4 Å². The molecule has 1 N–H and O–H groups in total. The van der Waals surface area contributed by atoms with Crippen LogP contribution in [0.25, 0.3) is 11.0 Å². The lowest BCUT2D eigenvalue weighted by molar-refractivity contribution is 0.443. The molecule has 2 aromatic rings. The van der Waals surface area contributed by atoms with Crippen LogP contribution in [0.4, 0.5) is 0 Å². The van der Waals surface area contributed by atoms with Crippen LogP contribution in [0, 0.1) is 5.92 Å². The molecule has 0 fully saturated rings. The Morgan fingerprint density at radius 1 is 1.06 bits per heavy atom. The Morgan fingerprint density at radius 2 is 1.75 bits per heavy atom. The average Bonchev–Trinajstić information content (AvgIpc) is 2.29. The number of hydrogen-bond acceptors (Lipinski definition) is 3. The third-order valence-electron chi connectivity index (χ3n) is 2.83. The summed E-state index contributed by atoms with van der Waals surface area (Å²) >= 11 is 0. The molecule has 1 heterocycles. The van der Waals surface area contributed by atoms with Crippen molar-refractivity contribution in [1.29, 1.82) is 0 Å². The van der Waals surface area contributed by atoms with E-state index >= 15 is 0 Å². The van der Waals surface area contributed by atoms with Crippen molar-refractivity contribution in [1.82, 2.24) is 15.3 Å². The lowest BCUT2D eigenvalue weighted by Gasteiger charge is -2.20. The SMILES string of the molecule is CNC(c1ccc2nccnc2c1)C(C)C. The topological polar surface area (TPSA) is 37.8 Å². The van der Waals surface area contributed by atoms with Crippen molar-refractivity contribution in [3.63, 3.8) is 0 Å². The Kier molecular flexibility index (Phi) is 3.15. The van der Waals surface area contributed by atoms with E-state index in [2.05, 4.69) is 41.3 Å². The molecule has 0 radical (unpaired) electrons. The smallest absolute Gasteiger partial charge is 0.0890 e. The maximum Gasteiger partial charge on any atom is 0.0890 e. The first-order valence-corrected chi connectivity index (χ1v) is 5.60. The molecule has 0 aliphatic rings. The fraction of sp³-hybridized carbons (Fsp3) is 0.385. The van der Waals surface area contributed by atoms with Crippen molar-refractivity contribution in [3.05, 3.63) is 36.2 Å². The molecule has 1 aromatic heterocycles. The average molecular weight is 215 g/mol. The first kappa shape index (κ1) is 11.0. The van der Waals surface area contributed by atoms with Gasteiger partial charge in [0.05, 0.1) is 11.0 Å². The molecule has 0 aliphatic carbocycles. The first-order valence-electron chi connectivity index (χ1n) is 5.60. The zero-order valence-electron chi connectivity index (χ0n) is 9.94. The van der Waals surface area contributed by atoms with Crippen LogP contribution in [0.5, 0.6) is 0 Å². The van der Waals surface area contributed by atoms with Gasteiger partial charge in [0.2, 0.25) is 0 Å². The second kappa shape index (κ2) is 4.58. The quantitative estimate of drug-likeness (QED) is 0.855. The van der Waals surface area contributed by atoms with Gasteiger partial charge in [-0.1, -0.05) is 19.9 Å². The van der Waals surface area contributed by atoms with Gasteiger partial charge in [0.25, 0.3) is 0 Å². The second-order valence-corrected chi connectivity index (χ2v) is 4.31. The Labute approximate surface area is 95.9 Å². The lowest BCUT2D eigenvalue weighted by atomic mass is 9.96. The molecule has 0 spiro atoms. The van der Waals surface area contributed by atoms with Gasteiger partial charge in [0.1, 0.15) is 0 Å². The summed E-state index contributed by atoms with van der Waals surface area (Å²) < 4.78 is 0. The maximum absolute atomic E-state index is 4.33. The maximum atomic E-state index is 4.33. The van der Waals surface area contributed by atoms with E-state index < -0.39 is 0 Å². The summed E-state index contributed by atoms with van der Waals surface area (Å²) in [7, 11) is 1.99. The van der Waals surface area contributed by atoms with Crippen molar-refractivity contribution in [3.8, 4) is 0 Å². The van der Waals surface area contributed by atoms with Gasteiger partial charge in [-0.25, -0.2) is 0 Å². The highest BCUT2D eigenvalue weighted by atomic mass is 14.9. The van der Waals surface area contributed by atoms with E-state index in [1.165, 1.54) is 5.56 Å². The largest absolute Gasteiger partial charge is 0.313 e. The molecular formula is C13H17N3. The first-order chi connectivity index (χ1) is 7.72. The molecule has 0 bridgehead atoms. The minimum absolute atomic E-state index is 0.367. The van der Waals surface area contributed by atoms with Gasteiger partial charge in [0.15, 0.2) is 0 Å². The van der Waals surface area contributed by atoms with Crippen LogP contribution in [0.15, 0.2) is 30.6 Å². The predicted molar refractivity (Wildman–Crippen MR) is 66.2 cm³/mol. The van der Waals surface area contributed by atoms with E-state index in [1.54, 1.807) is 12.4 Å². The Balaban J connectivity index is 2.45. The van der Waals surface area contributed by atoms with E-state index in [1.807, 2.05) is 13.1 Å². The molecule has 3 nitrogen and oxygen atoms in total. The fourth-order valence-corrected chi connectivity index (χ4v) is 2.06. The number of fused-ring (bicyclic) bond motifs is 1. The number of nitrogens with zero attached hydrogens (tertiary/aromatic N) is 2. The molecule has 0 aliphatic heterocycles. The van der Waals surface area contributed by atoms with Gasteiger partial charge in [-0.3, -0.25) is 9.97 Å². The third-order valence-corrected chi connectivity index (χ3v) is 2.83. The minimum atomic E-state index is 0.367. The normalized spacial score (nSPS) is 13.2. The zero-order chi connectivity index (χ0) is 11.5. The summed E-state index contributed by atoms with van der Waals surface area (Å²) in [6.45, 7) is 4.42. The molecular weight excluding hydrogens is 198 g/mol. The van der Waals surface area contributed by atoms with E-state index in [4.69, 9.17) is 0 Å². The molecule has 0 saturated heterocycles. The number of rotatable bonds is 3. The van der Waals surface area contributed by atoms with Crippen LogP contribution in [0.3, 0.4) is 0 Å². The van der Waals surface area contributed by atoms with Crippen LogP contribution in [-0.2, 0) is 0 Å². The van der Waals surface area contributed by atoms with Crippen molar-refractivity contribution in [2.45, 2.75) is 19.9 Å². The molecule has 84 valence electrons. The van der Waals surface area contributed by atoms with Crippen molar-refractivity contribution >= 4 is 11.0 Å². The van der Waals surface area contributed by atoms with Gasteiger partial charge in [-0.2, -0.15) is 0 Å². The van der Waals surface area contributed by atoms with Crippen molar-refractivity contribution in [2.75, 3.05) is 7.05 Å². The fourth-order valence-electron chi connectivity index (χ4n) is 2.06. The molecule has 2 rings (SSSR count). The Morgan fingerprint density at radius 3 is 2.38 bits per heavy atom. The van der Waals surface area contributed by atoms with E-state index in [-0.39, 0.29) is 0 Å². The monoisotopic (exact) mass is 215 g/mol. The lowest BCUT2D eigenvalue weighted by Crippen LogP contribution is -2.21. The number of hydrogen-bond donors (Lipinski definition) is 1. The highest BCUT2D eigenvalue weighted by Gasteiger charge is 2.13. The van der Waals surface area contributed by atoms with E-state index in [0.717, 1.165) is 11.0 Å². The molecule has 1 atom stereocenters. The van der Waals surface area contributed by atoms with Crippen LogP contribution < -0.4 is 5.32 Å². The van der Waals surface area contributed by atoms with Crippen LogP contribution in [-0.4, -0.2) is 17.0 Å². The van der Waals surface area contributed by atoms with Crippen LogP contribution in [0.1, 0.15) is 25.5 Å². The molecule has 1 unspecified atom stereocenters. The Bertz CT molecular complexity index is 479. The summed E-state index contributed by atoms with van der Waals surface area (Å²) in [5.74, 6) is 0.555. The molecule has 0 saturated carbocycles. The highest BCUT2D eigenvalue weighted by molar-refractivity contribution is 5.74. The molecule has 1 aromatic carbocycles. The summed E-state index contributed by atoms with van der Waals surface area (Å²) in [6.07, 6.45) is 3.45. The number of aromatic nitrogens is 2. The third kappa shape index (κ3) is 2.04. The van der Waals surface area contributed by atoms with Crippen LogP contribution >= 0.6 is 0 Å². The Hall–Kier alpha value is -1.48. The van der Waals surface area contributed by atoms with Crippen molar-refractivity contribution in [2.24, 2.45) is 5.92 Å². The summed E-state index contributed by atoms with van der Waals surface area (Å²) in [5.41, 5.74) is 3.18. The standard InChI is InChI=1S/C13H17N3/c1-9(2)13(14-3)10-4-5-11-12(8-10)16-7-6-15-11/h4-9,13-14H,1-3H3. The molecule has 3 heteroatoms. The summed E-state index contributed by atoms with van der Waals surface area (Å²) in [6, 6.07) is 6.64. The molecule has 16 heavy (non-hydrogen) atoms. The van der Waals surface area contributed by atoms with Gasteiger partial charge >= 0.3 is 0 Å². The minimum Gasteiger partial charge on any atom is -0.313 e. The van der Waals surface area contributed by atoms with Crippen LogP contribution in [0.2, 0.25) is 0 Å². The molecule has 0 amide bonds. The second-order valence-electron chi connectivity index (χ2n) is 4.31. The van der Waals surface area contributed by atoms with Crippen molar-refractivity contribution < 1.29 is 0 Å². The highest BCUT2D eigenvalue weighted by Crippen LogP contribution is 2.23. The predicted octanol–water partition coefficient (Wildman–Crippen LogP) is 2.55. The number of nitrogens with one attached hydrogen (secondary N) is 1.